The van der Waals surface area contributed by atoms with Crippen LogP contribution in [0.15, 0.2) is 49.3 Å². The highest BCUT2D eigenvalue weighted by molar-refractivity contribution is 7.99. The number of pyridine rings is 1. The van der Waals surface area contributed by atoms with Crippen molar-refractivity contribution in [3.05, 3.63) is 54.9 Å². The summed E-state index contributed by atoms with van der Waals surface area (Å²) in [5.74, 6) is 2.14. The molecule has 0 aliphatic carbocycles. The molecule has 0 aliphatic rings. The van der Waals surface area contributed by atoms with Gasteiger partial charge in [-0.15, -0.1) is 6.58 Å². The number of hydrogen-bond acceptors (Lipinski definition) is 3. The molecule has 0 fully saturated rings. The number of aromatic nitrogens is 1. The monoisotopic (exact) mass is 258 g/mol. The second-order valence-corrected chi connectivity index (χ2v) is 5.21. The third-order valence-corrected chi connectivity index (χ3v) is 3.69. The molecule has 2 aromatic rings. The number of rotatable bonds is 7. The van der Waals surface area contributed by atoms with Crippen molar-refractivity contribution in [3.8, 4) is 0 Å². The van der Waals surface area contributed by atoms with Crippen molar-refractivity contribution < 1.29 is 0 Å². The first-order valence-electron chi connectivity index (χ1n) is 6.13. The van der Waals surface area contributed by atoms with E-state index in [2.05, 4.69) is 35.1 Å². The standard InChI is InChI=1S/C15H18N2S/c1-2-8-18-9-7-16-11-14-12-17-10-13-5-3-4-6-15(13)14/h2-6,10,12,16H,1,7-9,11H2. The van der Waals surface area contributed by atoms with Gasteiger partial charge in [0, 0.05) is 42.4 Å². The molecule has 2 nitrogen and oxygen atoms in total. The summed E-state index contributed by atoms with van der Waals surface area (Å²) >= 11 is 1.90. The van der Waals surface area contributed by atoms with Gasteiger partial charge < -0.3 is 5.32 Å². The largest absolute Gasteiger partial charge is 0.312 e. The van der Waals surface area contributed by atoms with Gasteiger partial charge in [-0.05, 0) is 10.9 Å². The zero-order valence-corrected chi connectivity index (χ0v) is 11.2. The Morgan fingerprint density at radius 1 is 1.28 bits per heavy atom. The predicted octanol–water partition coefficient (Wildman–Crippen LogP) is 3.24. The van der Waals surface area contributed by atoms with Gasteiger partial charge in [0.15, 0.2) is 0 Å². The molecule has 0 amide bonds. The normalized spacial score (nSPS) is 10.7. The fraction of sp³-hybridized carbons (Fsp3) is 0.267. The van der Waals surface area contributed by atoms with E-state index < -0.39 is 0 Å². The molecule has 1 heterocycles. The molecule has 0 radical (unpaired) electrons. The summed E-state index contributed by atoms with van der Waals surface area (Å²) in [6.07, 6.45) is 5.81. The SMILES string of the molecule is C=CCSCCNCc1cncc2ccccc12. The Balaban J connectivity index is 1.89. The van der Waals surface area contributed by atoms with Crippen LogP contribution in [0.4, 0.5) is 0 Å². The van der Waals surface area contributed by atoms with Crippen LogP contribution < -0.4 is 5.32 Å². The zero-order chi connectivity index (χ0) is 12.6. The van der Waals surface area contributed by atoms with Crippen LogP contribution in [0.25, 0.3) is 10.8 Å². The third-order valence-electron chi connectivity index (χ3n) is 2.73. The average Bonchev–Trinajstić information content (AvgIpc) is 2.43. The van der Waals surface area contributed by atoms with Crippen LogP contribution in [0.3, 0.4) is 0 Å². The van der Waals surface area contributed by atoms with E-state index in [4.69, 9.17) is 0 Å². The smallest absolute Gasteiger partial charge is 0.0346 e. The van der Waals surface area contributed by atoms with Crippen LogP contribution in [-0.4, -0.2) is 23.0 Å². The van der Waals surface area contributed by atoms with Crippen molar-refractivity contribution in [1.82, 2.24) is 10.3 Å². The van der Waals surface area contributed by atoms with Crippen LogP contribution in [0, 0.1) is 0 Å². The molecular weight excluding hydrogens is 240 g/mol. The van der Waals surface area contributed by atoms with E-state index in [-0.39, 0.29) is 0 Å². The van der Waals surface area contributed by atoms with Gasteiger partial charge >= 0.3 is 0 Å². The number of nitrogens with one attached hydrogen (secondary N) is 1. The second-order valence-electron chi connectivity index (χ2n) is 4.06. The Labute approximate surface area is 113 Å². The molecule has 1 N–H and O–H groups in total. The second kappa shape index (κ2) is 7.19. The molecule has 0 unspecified atom stereocenters. The Hall–Kier alpha value is -1.32. The van der Waals surface area contributed by atoms with Gasteiger partial charge in [0.1, 0.15) is 0 Å². The molecule has 1 aromatic heterocycles. The molecule has 2 rings (SSSR count). The van der Waals surface area contributed by atoms with Gasteiger partial charge in [-0.25, -0.2) is 0 Å². The molecule has 0 atom stereocenters. The Morgan fingerprint density at radius 2 is 2.17 bits per heavy atom. The van der Waals surface area contributed by atoms with Gasteiger partial charge in [0.05, 0.1) is 0 Å². The minimum absolute atomic E-state index is 0.878. The number of thioether (sulfide) groups is 1. The summed E-state index contributed by atoms with van der Waals surface area (Å²) < 4.78 is 0. The number of benzene rings is 1. The predicted molar refractivity (Wildman–Crippen MR) is 81.0 cm³/mol. The van der Waals surface area contributed by atoms with E-state index in [1.165, 1.54) is 16.3 Å². The molecule has 3 heteroatoms. The van der Waals surface area contributed by atoms with Crippen molar-refractivity contribution in [2.24, 2.45) is 0 Å². The summed E-state index contributed by atoms with van der Waals surface area (Å²) in [5, 5.41) is 5.95. The summed E-state index contributed by atoms with van der Waals surface area (Å²) in [4.78, 5) is 4.28. The van der Waals surface area contributed by atoms with Crippen molar-refractivity contribution in [3.63, 3.8) is 0 Å². The molecule has 0 saturated carbocycles. The molecule has 0 spiro atoms. The highest BCUT2D eigenvalue weighted by Gasteiger charge is 2.00. The van der Waals surface area contributed by atoms with E-state index in [9.17, 15) is 0 Å². The maximum atomic E-state index is 4.28. The maximum absolute atomic E-state index is 4.28. The quantitative estimate of drug-likeness (QED) is 0.609. The van der Waals surface area contributed by atoms with E-state index in [1.54, 1.807) is 0 Å². The summed E-state index contributed by atoms with van der Waals surface area (Å²) in [7, 11) is 0. The molecular formula is C15H18N2S. The zero-order valence-electron chi connectivity index (χ0n) is 10.4. The minimum Gasteiger partial charge on any atom is -0.312 e. The molecule has 0 aliphatic heterocycles. The lowest BCUT2D eigenvalue weighted by Crippen LogP contribution is -2.17. The van der Waals surface area contributed by atoms with E-state index in [1.807, 2.05) is 36.3 Å². The maximum Gasteiger partial charge on any atom is 0.0346 e. The van der Waals surface area contributed by atoms with Crippen LogP contribution >= 0.6 is 11.8 Å². The lowest BCUT2D eigenvalue weighted by atomic mass is 10.1. The molecule has 0 saturated heterocycles. The first-order chi connectivity index (χ1) is 8.92. The molecule has 94 valence electrons. The fourth-order valence-corrected chi connectivity index (χ4v) is 2.48. The number of nitrogens with zero attached hydrogens (tertiary/aromatic N) is 1. The molecule has 0 bridgehead atoms. The topological polar surface area (TPSA) is 24.9 Å². The minimum atomic E-state index is 0.878. The average molecular weight is 258 g/mol. The molecule has 1 aromatic carbocycles. The van der Waals surface area contributed by atoms with Gasteiger partial charge in [0.25, 0.3) is 0 Å². The van der Waals surface area contributed by atoms with E-state index >= 15 is 0 Å². The number of hydrogen-bond donors (Lipinski definition) is 1. The van der Waals surface area contributed by atoms with Crippen molar-refractivity contribution in [1.29, 1.82) is 0 Å². The first kappa shape index (κ1) is 13.1. The third kappa shape index (κ3) is 3.59. The van der Waals surface area contributed by atoms with Gasteiger partial charge in [0.2, 0.25) is 0 Å². The van der Waals surface area contributed by atoms with Crippen molar-refractivity contribution in [2.75, 3.05) is 18.1 Å². The van der Waals surface area contributed by atoms with Gasteiger partial charge in [-0.2, -0.15) is 11.8 Å². The van der Waals surface area contributed by atoms with E-state index in [0.717, 1.165) is 24.6 Å². The lowest BCUT2D eigenvalue weighted by molar-refractivity contribution is 0.734. The van der Waals surface area contributed by atoms with Gasteiger partial charge in [-0.1, -0.05) is 30.3 Å². The van der Waals surface area contributed by atoms with Crippen LogP contribution in [0.2, 0.25) is 0 Å². The Morgan fingerprint density at radius 3 is 3.06 bits per heavy atom. The highest BCUT2D eigenvalue weighted by Crippen LogP contribution is 2.16. The number of fused-ring (bicyclic) bond motifs is 1. The summed E-state index contributed by atoms with van der Waals surface area (Å²) in [5.41, 5.74) is 1.27. The Kier molecular flexibility index (Phi) is 5.24. The van der Waals surface area contributed by atoms with Crippen molar-refractivity contribution >= 4 is 22.5 Å². The summed E-state index contributed by atoms with van der Waals surface area (Å²) in [6, 6.07) is 8.38. The Bertz CT molecular complexity index is 505. The summed E-state index contributed by atoms with van der Waals surface area (Å²) in [6.45, 7) is 5.60. The van der Waals surface area contributed by atoms with Crippen molar-refractivity contribution in [2.45, 2.75) is 6.54 Å². The van der Waals surface area contributed by atoms with Crippen LogP contribution in [0.5, 0.6) is 0 Å². The van der Waals surface area contributed by atoms with E-state index in [0.29, 0.717) is 0 Å². The molecule has 18 heavy (non-hydrogen) atoms. The first-order valence-corrected chi connectivity index (χ1v) is 7.28. The fourth-order valence-electron chi connectivity index (χ4n) is 1.85. The highest BCUT2D eigenvalue weighted by atomic mass is 32.2. The van der Waals surface area contributed by atoms with Crippen LogP contribution in [0.1, 0.15) is 5.56 Å². The van der Waals surface area contributed by atoms with Crippen LogP contribution in [-0.2, 0) is 6.54 Å². The lowest BCUT2D eigenvalue weighted by Gasteiger charge is -2.07. The van der Waals surface area contributed by atoms with Gasteiger partial charge in [-0.3, -0.25) is 4.98 Å².